The molecular weight excluding hydrogens is 300 g/mol. The fraction of sp³-hybridized carbons (Fsp3) is 0.833. The van der Waals surface area contributed by atoms with Gasteiger partial charge in [-0.05, 0) is 35.6 Å². The van der Waals surface area contributed by atoms with Crippen LogP contribution >= 0.6 is 0 Å². The molecule has 1 aromatic rings. The molecule has 0 amide bonds. The second-order valence-corrected chi connectivity index (χ2v) is 7.69. The number of hydrogen-bond donors (Lipinski definition) is 0. The Morgan fingerprint density at radius 3 is 2.50 bits per heavy atom. The van der Waals surface area contributed by atoms with E-state index in [1.165, 1.54) is 25.7 Å². The fourth-order valence-corrected chi connectivity index (χ4v) is 4.13. The van der Waals surface area contributed by atoms with Gasteiger partial charge < -0.3 is 0 Å². The molecule has 1 saturated carbocycles. The van der Waals surface area contributed by atoms with Crippen LogP contribution in [0.1, 0.15) is 63.9 Å². The minimum Gasteiger partial charge on any atom is -0.297 e. The van der Waals surface area contributed by atoms with Crippen LogP contribution in [0.4, 0.5) is 0 Å². The van der Waals surface area contributed by atoms with Crippen molar-refractivity contribution < 1.29 is 0 Å². The van der Waals surface area contributed by atoms with Crippen molar-refractivity contribution in [3.63, 3.8) is 0 Å². The normalized spacial score (nSPS) is 22.3. The molecular formula is C18H32N6. The molecule has 1 aliphatic heterocycles. The first-order valence-corrected chi connectivity index (χ1v) is 9.54. The maximum absolute atomic E-state index is 4.48. The van der Waals surface area contributed by atoms with Gasteiger partial charge in [0, 0.05) is 32.7 Å². The third kappa shape index (κ3) is 4.03. The highest BCUT2D eigenvalue weighted by atomic mass is 15.6. The van der Waals surface area contributed by atoms with Gasteiger partial charge in [0.15, 0.2) is 5.82 Å². The number of piperazine rings is 1. The maximum Gasteiger partial charge on any atom is 0.168 e. The van der Waals surface area contributed by atoms with E-state index in [1.807, 2.05) is 6.08 Å². The quantitative estimate of drug-likeness (QED) is 0.719. The van der Waals surface area contributed by atoms with Crippen molar-refractivity contribution >= 4 is 0 Å². The molecule has 0 bridgehead atoms. The van der Waals surface area contributed by atoms with Crippen LogP contribution in [-0.2, 0) is 0 Å². The Labute approximate surface area is 145 Å². The molecule has 1 saturated heterocycles. The van der Waals surface area contributed by atoms with Gasteiger partial charge in [-0.25, -0.2) is 4.68 Å². The standard InChI is InChI=1S/C18H32N6/c1-4-9-22-10-12-23(13-11-22)17(14-15(2)3)18-19-20-21-24(18)16-7-5-6-8-16/h4,15-17H,1,5-14H2,2-3H3. The van der Waals surface area contributed by atoms with Crippen molar-refractivity contribution in [3.8, 4) is 0 Å². The van der Waals surface area contributed by atoms with E-state index in [0.29, 0.717) is 18.0 Å². The van der Waals surface area contributed by atoms with E-state index < -0.39 is 0 Å². The summed E-state index contributed by atoms with van der Waals surface area (Å²) >= 11 is 0. The highest BCUT2D eigenvalue weighted by Gasteiger charge is 2.31. The van der Waals surface area contributed by atoms with Crippen LogP contribution in [0.3, 0.4) is 0 Å². The van der Waals surface area contributed by atoms with E-state index in [-0.39, 0.29) is 0 Å². The minimum atomic E-state index is 0.339. The molecule has 24 heavy (non-hydrogen) atoms. The van der Waals surface area contributed by atoms with E-state index in [0.717, 1.165) is 45.0 Å². The third-order valence-electron chi connectivity index (χ3n) is 5.42. The van der Waals surface area contributed by atoms with Crippen LogP contribution in [0, 0.1) is 5.92 Å². The van der Waals surface area contributed by atoms with Crippen LogP contribution in [-0.4, -0.2) is 62.7 Å². The van der Waals surface area contributed by atoms with Gasteiger partial charge in [-0.2, -0.15) is 0 Å². The third-order valence-corrected chi connectivity index (χ3v) is 5.42. The monoisotopic (exact) mass is 332 g/mol. The summed E-state index contributed by atoms with van der Waals surface area (Å²) in [6.07, 6.45) is 8.17. The molecule has 6 heteroatoms. The lowest BCUT2D eigenvalue weighted by Gasteiger charge is -2.39. The van der Waals surface area contributed by atoms with Crippen molar-refractivity contribution in [2.24, 2.45) is 5.92 Å². The minimum absolute atomic E-state index is 0.339. The summed E-state index contributed by atoms with van der Waals surface area (Å²) < 4.78 is 2.15. The van der Waals surface area contributed by atoms with Crippen molar-refractivity contribution in [1.29, 1.82) is 0 Å². The first kappa shape index (κ1) is 17.5. The van der Waals surface area contributed by atoms with Crippen LogP contribution in [0.2, 0.25) is 0 Å². The number of hydrogen-bond acceptors (Lipinski definition) is 5. The topological polar surface area (TPSA) is 50.1 Å². The molecule has 0 spiro atoms. The van der Waals surface area contributed by atoms with Gasteiger partial charge in [-0.15, -0.1) is 11.7 Å². The first-order chi connectivity index (χ1) is 11.7. The number of nitrogens with zero attached hydrogens (tertiary/aromatic N) is 6. The number of tetrazole rings is 1. The molecule has 0 N–H and O–H groups in total. The van der Waals surface area contributed by atoms with Crippen LogP contribution < -0.4 is 0 Å². The lowest BCUT2D eigenvalue weighted by atomic mass is 10.0. The van der Waals surface area contributed by atoms with Crippen LogP contribution in [0.25, 0.3) is 0 Å². The lowest BCUT2D eigenvalue weighted by molar-refractivity contribution is 0.0853. The van der Waals surface area contributed by atoms with E-state index in [1.54, 1.807) is 0 Å². The Morgan fingerprint density at radius 1 is 1.17 bits per heavy atom. The van der Waals surface area contributed by atoms with Gasteiger partial charge in [-0.1, -0.05) is 32.8 Å². The van der Waals surface area contributed by atoms with Crippen molar-refractivity contribution in [2.45, 2.75) is 58.0 Å². The summed E-state index contributed by atoms with van der Waals surface area (Å²) in [6, 6.07) is 0.846. The first-order valence-electron chi connectivity index (χ1n) is 9.54. The molecule has 0 radical (unpaired) electrons. The van der Waals surface area contributed by atoms with Crippen molar-refractivity contribution in [3.05, 3.63) is 18.5 Å². The average molecular weight is 332 g/mol. The molecule has 1 aromatic heterocycles. The summed E-state index contributed by atoms with van der Waals surface area (Å²) in [5, 5.41) is 12.9. The van der Waals surface area contributed by atoms with Gasteiger partial charge >= 0.3 is 0 Å². The van der Waals surface area contributed by atoms with Gasteiger partial charge in [0.2, 0.25) is 0 Å². The van der Waals surface area contributed by atoms with Gasteiger partial charge in [0.1, 0.15) is 0 Å². The Morgan fingerprint density at radius 2 is 1.88 bits per heavy atom. The van der Waals surface area contributed by atoms with E-state index in [9.17, 15) is 0 Å². The summed E-state index contributed by atoms with van der Waals surface area (Å²) in [4.78, 5) is 5.06. The van der Waals surface area contributed by atoms with Gasteiger partial charge in [0.05, 0.1) is 12.1 Å². The van der Waals surface area contributed by atoms with Crippen molar-refractivity contribution in [1.82, 2.24) is 30.0 Å². The SMILES string of the molecule is C=CCN1CCN(C(CC(C)C)c2nnnn2C2CCCC2)CC1. The predicted molar refractivity (Wildman–Crippen MR) is 95.7 cm³/mol. The Hall–Kier alpha value is -1.27. The summed E-state index contributed by atoms with van der Waals surface area (Å²) in [5.74, 6) is 1.72. The molecule has 2 heterocycles. The Balaban J connectivity index is 1.75. The van der Waals surface area contributed by atoms with Gasteiger partial charge in [-0.3, -0.25) is 9.80 Å². The molecule has 2 fully saturated rings. The number of aromatic nitrogens is 4. The lowest BCUT2D eigenvalue weighted by Crippen LogP contribution is -2.48. The maximum atomic E-state index is 4.48. The molecule has 6 nitrogen and oxygen atoms in total. The van der Waals surface area contributed by atoms with Crippen LogP contribution in [0.5, 0.6) is 0 Å². The van der Waals surface area contributed by atoms with E-state index in [4.69, 9.17) is 0 Å². The molecule has 2 aliphatic rings. The van der Waals surface area contributed by atoms with Gasteiger partial charge in [0.25, 0.3) is 0 Å². The molecule has 3 rings (SSSR count). The summed E-state index contributed by atoms with van der Waals surface area (Å²) in [6.45, 7) is 13.8. The van der Waals surface area contributed by atoms with E-state index in [2.05, 4.69) is 50.4 Å². The second kappa shape index (κ2) is 8.21. The highest BCUT2D eigenvalue weighted by molar-refractivity contribution is 4.98. The number of rotatable bonds is 7. The van der Waals surface area contributed by atoms with Crippen LogP contribution in [0.15, 0.2) is 12.7 Å². The van der Waals surface area contributed by atoms with E-state index >= 15 is 0 Å². The molecule has 0 aromatic carbocycles. The molecule has 1 unspecified atom stereocenters. The zero-order valence-corrected chi connectivity index (χ0v) is 15.3. The zero-order chi connectivity index (χ0) is 16.9. The molecule has 1 atom stereocenters. The fourth-order valence-electron chi connectivity index (χ4n) is 4.13. The smallest absolute Gasteiger partial charge is 0.168 e. The Bertz CT molecular complexity index is 511. The Kier molecular flexibility index (Phi) is 6.00. The molecule has 1 aliphatic carbocycles. The van der Waals surface area contributed by atoms with Crippen molar-refractivity contribution in [2.75, 3.05) is 32.7 Å². The largest absolute Gasteiger partial charge is 0.297 e. The predicted octanol–water partition coefficient (Wildman–Crippen LogP) is 2.68. The average Bonchev–Trinajstić information content (AvgIpc) is 3.24. The second-order valence-electron chi connectivity index (χ2n) is 7.69. The highest BCUT2D eigenvalue weighted by Crippen LogP contribution is 2.33. The summed E-state index contributed by atoms with van der Waals surface area (Å²) in [7, 11) is 0. The molecule has 134 valence electrons. The summed E-state index contributed by atoms with van der Waals surface area (Å²) in [5.41, 5.74) is 0. The zero-order valence-electron chi connectivity index (χ0n) is 15.3.